The average molecular weight is 197 g/mol. The fraction of sp³-hybridized carbons (Fsp3) is 0.500. The van der Waals surface area contributed by atoms with Gasteiger partial charge in [-0.2, -0.15) is 0 Å². The minimum Gasteiger partial charge on any atom is -0.317 e. The maximum absolute atomic E-state index is 11.3. The Labute approximate surface area is 83.0 Å². The van der Waals surface area contributed by atoms with Crippen LogP contribution in [-0.2, 0) is 4.79 Å². The van der Waals surface area contributed by atoms with Crippen molar-refractivity contribution in [1.82, 2.24) is 0 Å². The molecule has 0 bridgehead atoms. The molecule has 1 aromatic heterocycles. The zero-order valence-corrected chi connectivity index (χ0v) is 8.91. The molecule has 0 aliphatic rings. The number of rotatable bonds is 4. The minimum absolute atomic E-state index is 0.132. The van der Waals surface area contributed by atoms with Gasteiger partial charge in [-0.3, -0.25) is 4.79 Å². The van der Waals surface area contributed by atoms with Crippen molar-refractivity contribution >= 4 is 22.2 Å². The molecule has 0 spiro atoms. The first kappa shape index (κ1) is 10.3. The lowest BCUT2D eigenvalue weighted by atomic mass is 10.2. The van der Waals surface area contributed by atoms with E-state index in [0.29, 0.717) is 6.42 Å². The maximum Gasteiger partial charge on any atom is 0.224 e. The molecule has 0 aliphatic carbocycles. The molecule has 0 aromatic carbocycles. The molecule has 72 valence electrons. The first-order chi connectivity index (χ1) is 6.24. The van der Waals surface area contributed by atoms with Crippen molar-refractivity contribution in [2.24, 2.45) is 0 Å². The molecule has 3 heteroatoms. The summed E-state index contributed by atoms with van der Waals surface area (Å²) in [6.07, 6.45) is 2.67. The Bertz CT molecular complexity index is 280. The summed E-state index contributed by atoms with van der Waals surface area (Å²) < 4.78 is 0. The van der Waals surface area contributed by atoms with Crippen LogP contribution in [0.1, 0.15) is 31.7 Å². The van der Waals surface area contributed by atoms with E-state index in [9.17, 15) is 4.79 Å². The first-order valence-corrected chi connectivity index (χ1v) is 5.46. The van der Waals surface area contributed by atoms with Gasteiger partial charge in [0.1, 0.15) is 0 Å². The molecule has 13 heavy (non-hydrogen) atoms. The zero-order valence-electron chi connectivity index (χ0n) is 8.09. The largest absolute Gasteiger partial charge is 0.317 e. The molecule has 0 atom stereocenters. The number of nitrogens with one attached hydrogen (secondary N) is 1. The van der Waals surface area contributed by atoms with Gasteiger partial charge in [0.15, 0.2) is 0 Å². The average Bonchev–Trinajstić information content (AvgIpc) is 2.48. The molecule has 0 saturated heterocycles. The summed E-state index contributed by atoms with van der Waals surface area (Å²) in [5.74, 6) is 0.132. The molecule has 1 amide bonds. The maximum atomic E-state index is 11.3. The number of anilines is 1. The summed E-state index contributed by atoms with van der Waals surface area (Å²) in [4.78, 5) is 11.3. The Balaban J connectivity index is 2.41. The lowest BCUT2D eigenvalue weighted by molar-refractivity contribution is -0.116. The standard InChI is InChI=1S/C10H15NOS/c1-3-4-5-9(12)11-10-8(2)6-7-13-10/h6-7H,3-5H2,1-2H3,(H,11,12). The van der Waals surface area contributed by atoms with Gasteiger partial charge in [-0.1, -0.05) is 13.3 Å². The van der Waals surface area contributed by atoms with Crippen LogP contribution in [0.2, 0.25) is 0 Å². The van der Waals surface area contributed by atoms with Gasteiger partial charge in [0.05, 0.1) is 5.00 Å². The third-order valence-corrected chi connectivity index (χ3v) is 2.80. The molecule has 1 heterocycles. The van der Waals surface area contributed by atoms with E-state index in [0.717, 1.165) is 23.4 Å². The van der Waals surface area contributed by atoms with Gasteiger partial charge in [0.2, 0.25) is 5.91 Å². The van der Waals surface area contributed by atoms with E-state index in [1.165, 1.54) is 0 Å². The highest BCUT2D eigenvalue weighted by atomic mass is 32.1. The normalized spacial score (nSPS) is 10.0. The van der Waals surface area contributed by atoms with Gasteiger partial charge < -0.3 is 5.32 Å². The topological polar surface area (TPSA) is 29.1 Å². The fourth-order valence-electron chi connectivity index (χ4n) is 1.03. The zero-order chi connectivity index (χ0) is 9.68. The summed E-state index contributed by atoms with van der Waals surface area (Å²) in [6.45, 7) is 4.09. The van der Waals surface area contributed by atoms with E-state index in [2.05, 4.69) is 12.2 Å². The quantitative estimate of drug-likeness (QED) is 0.789. The van der Waals surface area contributed by atoms with E-state index in [4.69, 9.17) is 0 Å². The SMILES string of the molecule is CCCCC(=O)Nc1sccc1C. The Morgan fingerprint density at radius 2 is 2.38 bits per heavy atom. The highest BCUT2D eigenvalue weighted by Crippen LogP contribution is 2.21. The van der Waals surface area contributed by atoms with Crippen LogP contribution >= 0.6 is 11.3 Å². The van der Waals surface area contributed by atoms with E-state index in [-0.39, 0.29) is 5.91 Å². The smallest absolute Gasteiger partial charge is 0.224 e. The van der Waals surface area contributed by atoms with E-state index in [1.807, 2.05) is 18.4 Å². The monoisotopic (exact) mass is 197 g/mol. The first-order valence-electron chi connectivity index (χ1n) is 4.58. The van der Waals surface area contributed by atoms with Crippen LogP contribution < -0.4 is 5.32 Å². The van der Waals surface area contributed by atoms with Crippen molar-refractivity contribution in [3.05, 3.63) is 17.0 Å². The number of carbonyl (C=O) groups excluding carboxylic acids is 1. The van der Waals surface area contributed by atoms with Crippen molar-refractivity contribution in [2.45, 2.75) is 33.1 Å². The number of hydrogen-bond acceptors (Lipinski definition) is 2. The molecule has 0 aliphatic heterocycles. The van der Waals surface area contributed by atoms with E-state index < -0.39 is 0 Å². The molecular formula is C10H15NOS. The van der Waals surface area contributed by atoms with Crippen LogP contribution in [0.4, 0.5) is 5.00 Å². The second kappa shape index (κ2) is 5.02. The molecule has 0 saturated carbocycles. The van der Waals surface area contributed by atoms with E-state index >= 15 is 0 Å². The summed E-state index contributed by atoms with van der Waals surface area (Å²) in [5, 5.41) is 5.88. The van der Waals surface area contributed by atoms with Gasteiger partial charge in [-0.05, 0) is 30.4 Å². The number of unbranched alkanes of at least 4 members (excludes halogenated alkanes) is 1. The number of amides is 1. The lowest BCUT2D eigenvalue weighted by Crippen LogP contribution is -2.10. The molecule has 0 unspecified atom stereocenters. The van der Waals surface area contributed by atoms with Crippen LogP contribution in [0.25, 0.3) is 0 Å². The Kier molecular flexibility index (Phi) is 3.96. The molecule has 1 N–H and O–H groups in total. The van der Waals surface area contributed by atoms with Gasteiger partial charge >= 0.3 is 0 Å². The van der Waals surface area contributed by atoms with Crippen molar-refractivity contribution in [3.63, 3.8) is 0 Å². The van der Waals surface area contributed by atoms with Gasteiger partial charge in [-0.25, -0.2) is 0 Å². The summed E-state index contributed by atoms with van der Waals surface area (Å²) >= 11 is 1.58. The molecule has 2 nitrogen and oxygen atoms in total. The third-order valence-electron chi connectivity index (χ3n) is 1.87. The van der Waals surface area contributed by atoms with Gasteiger partial charge in [0, 0.05) is 6.42 Å². The van der Waals surface area contributed by atoms with Crippen molar-refractivity contribution in [3.8, 4) is 0 Å². The Hall–Kier alpha value is -0.830. The van der Waals surface area contributed by atoms with E-state index in [1.54, 1.807) is 11.3 Å². The Morgan fingerprint density at radius 1 is 1.62 bits per heavy atom. The van der Waals surface area contributed by atoms with Gasteiger partial charge in [0.25, 0.3) is 0 Å². The lowest BCUT2D eigenvalue weighted by Gasteiger charge is -2.02. The molecule has 1 rings (SSSR count). The number of thiophene rings is 1. The molecule has 1 aromatic rings. The van der Waals surface area contributed by atoms with Gasteiger partial charge in [-0.15, -0.1) is 11.3 Å². The number of hydrogen-bond donors (Lipinski definition) is 1. The highest BCUT2D eigenvalue weighted by Gasteiger charge is 2.04. The van der Waals surface area contributed by atoms with Crippen LogP contribution in [0.3, 0.4) is 0 Å². The molecule has 0 fully saturated rings. The molecular weight excluding hydrogens is 182 g/mol. The number of aryl methyl sites for hydroxylation is 1. The minimum atomic E-state index is 0.132. The van der Waals surface area contributed by atoms with Crippen LogP contribution in [0, 0.1) is 6.92 Å². The third kappa shape index (κ3) is 3.19. The van der Waals surface area contributed by atoms with Crippen molar-refractivity contribution in [2.75, 3.05) is 5.32 Å². The van der Waals surface area contributed by atoms with Crippen LogP contribution in [0.5, 0.6) is 0 Å². The summed E-state index contributed by atoms with van der Waals surface area (Å²) in [7, 11) is 0. The van der Waals surface area contributed by atoms with Crippen LogP contribution in [-0.4, -0.2) is 5.91 Å². The second-order valence-electron chi connectivity index (χ2n) is 3.08. The van der Waals surface area contributed by atoms with Crippen LogP contribution in [0.15, 0.2) is 11.4 Å². The van der Waals surface area contributed by atoms with Crippen molar-refractivity contribution in [1.29, 1.82) is 0 Å². The predicted molar refractivity (Wildman–Crippen MR) is 57.2 cm³/mol. The summed E-state index contributed by atoms with van der Waals surface area (Å²) in [6, 6.07) is 2.01. The molecule has 0 radical (unpaired) electrons. The van der Waals surface area contributed by atoms with Crippen molar-refractivity contribution < 1.29 is 4.79 Å². The number of carbonyl (C=O) groups is 1. The second-order valence-corrected chi connectivity index (χ2v) is 4.00. The fourth-order valence-corrected chi connectivity index (χ4v) is 1.86. The predicted octanol–water partition coefficient (Wildman–Crippen LogP) is 3.19. The Morgan fingerprint density at radius 3 is 2.92 bits per heavy atom. The highest BCUT2D eigenvalue weighted by molar-refractivity contribution is 7.14. The summed E-state index contributed by atoms with van der Waals surface area (Å²) in [5.41, 5.74) is 1.15.